The van der Waals surface area contributed by atoms with Crippen molar-refractivity contribution in [3.8, 4) is 0 Å². The molecule has 0 aliphatic rings. The van der Waals surface area contributed by atoms with Gasteiger partial charge in [0.2, 0.25) is 0 Å². The second-order valence-electron chi connectivity index (χ2n) is 4.91. The Hall–Kier alpha value is -2.05. The summed E-state index contributed by atoms with van der Waals surface area (Å²) in [4.78, 5) is 12.2. The highest BCUT2D eigenvalue weighted by Crippen LogP contribution is 2.24. The molecule has 0 aliphatic carbocycles. The van der Waals surface area contributed by atoms with E-state index in [-0.39, 0.29) is 0 Å². The third-order valence-corrected chi connectivity index (χ3v) is 4.64. The number of aromatic nitrogens is 4. The number of nitrogens with one attached hydrogen (secondary N) is 1. The molecule has 0 amide bonds. The molecule has 3 aromatic heterocycles. The van der Waals surface area contributed by atoms with Crippen molar-refractivity contribution in [2.75, 3.05) is 0 Å². The topological polar surface area (TPSA) is 46.5 Å². The number of para-hydroxylation sites is 1. The third-order valence-electron chi connectivity index (χ3n) is 3.49. The number of fused-ring (bicyclic) bond motifs is 3. The van der Waals surface area contributed by atoms with Gasteiger partial charge in [-0.3, -0.25) is 4.98 Å². The van der Waals surface area contributed by atoms with Gasteiger partial charge < -0.3 is 9.55 Å². The lowest BCUT2D eigenvalue weighted by molar-refractivity contribution is 0.790. The molecule has 0 atom stereocenters. The van der Waals surface area contributed by atoms with Crippen LogP contribution >= 0.6 is 23.6 Å². The number of hydrogen-bond acceptors (Lipinski definition) is 4. The van der Waals surface area contributed by atoms with Gasteiger partial charge in [0.15, 0.2) is 4.77 Å². The molecule has 1 N–H and O–H groups in total. The smallest absolute Gasteiger partial charge is 0.178 e. The lowest BCUT2D eigenvalue weighted by Crippen LogP contribution is -2.00. The number of H-pyrrole nitrogens is 1. The molecule has 0 saturated heterocycles. The molecule has 0 fully saturated rings. The first kappa shape index (κ1) is 12.7. The molecule has 104 valence electrons. The number of benzene rings is 1. The van der Waals surface area contributed by atoms with Crippen molar-refractivity contribution in [1.29, 1.82) is 0 Å². The molecule has 4 aromatic rings. The van der Waals surface area contributed by atoms with Crippen LogP contribution in [0.4, 0.5) is 0 Å². The quantitative estimate of drug-likeness (QED) is 0.568. The standard InChI is InChI=1S/C15H12N4S2/c1-9-17-10(8-21-9)7-19-14-11-4-2-3-5-12(11)16-6-13(14)18-15(19)20/h2-6,8H,7H2,1H3,(H,18,20). The minimum absolute atomic E-state index is 0.678. The van der Waals surface area contributed by atoms with E-state index in [0.29, 0.717) is 11.3 Å². The van der Waals surface area contributed by atoms with Crippen molar-refractivity contribution in [1.82, 2.24) is 19.5 Å². The Morgan fingerprint density at radius 1 is 1.33 bits per heavy atom. The third kappa shape index (κ3) is 2.07. The first-order valence-electron chi connectivity index (χ1n) is 6.59. The maximum Gasteiger partial charge on any atom is 0.178 e. The molecule has 3 heterocycles. The van der Waals surface area contributed by atoms with Crippen LogP contribution in [0.5, 0.6) is 0 Å². The number of hydrogen-bond donors (Lipinski definition) is 1. The lowest BCUT2D eigenvalue weighted by Gasteiger charge is -2.05. The molecule has 1 aromatic carbocycles. The first-order chi connectivity index (χ1) is 10.2. The fourth-order valence-corrected chi connectivity index (χ4v) is 3.46. The number of rotatable bonds is 2. The SMILES string of the molecule is Cc1nc(Cn2c(=S)[nH]c3cnc4ccccc4c32)cs1. The Morgan fingerprint density at radius 2 is 2.19 bits per heavy atom. The molecular weight excluding hydrogens is 300 g/mol. The van der Waals surface area contributed by atoms with Gasteiger partial charge in [0.1, 0.15) is 0 Å². The summed E-state index contributed by atoms with van der Waals surface area (Å²) in [5.74, 6) is 0. The molecule has 0 unspecified atom stereocenters. The Labute approximate surface area is 130 Å². The largest absolute Gasteiger partial charge is 0.329 e. The van der Waals surface area contributed by atoms with Crippen LogP contribution in [0.25, 0.3) is 21.9 Å². The van der Waals surface area contributed by atoms with Gasteiger partial charge in [-0.2, -0.15) is 0 Å². The van der Waals surface area contributed by atoms with E-state index in [9.17, 15) is 0 Å². The highest BCUT2D eigenvalue weighted by atomic mass is 32.1. The number of aromatic amines is 1. The maximum absolute atomic E-state index is 5.48. The van der Waals surface area contributed by atoms with Crippen molar-refractivity contribution < 1.29 is 0 Å². The zero-order valence-electron chi connectivity index (χ0n) is 11.3. The summed E-state index contributed by atoms with van der Waals surface area (Å²) in [6, 6.07) is 8.12. The van der Waals surface area contributed by atoms with Gasteiger partial charge in [-0.15, -0.1) is 11.3 Å². The molecule has 21 heavy (non-hydrogen) atoms. The zero-order valence-corrected chi connectivity index (χ0v) is 13.0. The van der Waals surface area contributed by atoms with Crippen LogP contribution in [0.2, 0.25) is 0 Å². The van der Waals surface area contributed by atoms with Gasteiger partial charge in [-0.1, -0.05) is 18.2 Å². The zero-order chi connectivity index (χ0) is 14.4. The van der Waals surface area contributed by atoms with Gasteiger partial charge in [0.25, 0.3) is 0 Å². The molecule has 0 radical (unpaired) electrons. The van der Waals surface area contributed by atoms with Gasteiger partial charge in [0.05, 0.1) is 40.0 Å². The van der Waals surface area contributed by atoms with E-state index in [2.05, 4.69) is 31.0 Å². The number of thiazole rings is 1. The molecule has 0 bridgehead atoms. The van der Waals surface area contributed by atoms with E-state index in [0.717, 1.165) is 32.6 Å². The Balaban J connectivity index is 2.01. The molecule has 4 nitrogen and oxygen atoms in total. The van der Waals surface area contributed by atoms with Crippen molar-refractivity contribution in [3.05, 3.63) is 51.3 Å². The fourth-order valence-electron chi connectivity index (χ4n) is 2.59. The highest BCUT2D eigenvalue weighted by Gasteiger charge is 2.10. The summed E-state index contributed by atoms with van der Waals surface area (Å²) < 4.78 is 2.80. The summed E-state index contributed by atoms with van der Waals surface area (Å²) in [5.41, 5.74) is 4.07. The highest BCUT2D eigenvalue weighted by molar-refractivity contribution is 7.71. The summed E-state index contributed by atoms with van der Waals surface area (Å²) >= 11 is 7.14. The molecule has 6 heteroatoms. The van der Waals surface area contributed by atoms with Crippen LogP contribution in [-0.4, -0.2) is 19.5 Å². The first-order valence-corrected chi connectivity index (χ1v) is 7.88. The van der Waals surface area contributed by atoms with Gasteiger partial charge in [-0.25, -0.2) is 4.98 Å². The summed E-state index contributed by atoms with van der Waals surface area (Å²) in [6.45, 7) is 2.69. The van der Waals surface area contributed by atoms with Crippen molar-refractivity contribution >= 4 is 45.5 Å². The molecular formula is C15H12N4S2. The summed E-state index contributed by atoms with van der Waals surface area (Å²) in [5, 5.41) is 4.26. The van der Waals surface area contributed by atoms with Crippen molar-refractivity contribution in [2.45, 2.75) is 13.5 Å². The second kappa shape index (κ2) is 4.75. The maximum atomic E-state index is 5.48. The van der Waals surface area contributed by atoms with Crippen molar-refractivity contribution in [2.24, 2.45) is 0 Å². The predicted octanol–water partition coefficient (Wildman–Crippen LogP) is 4.06. The average Bonchev–Trinajstić information content (AvgIpc) is 3.03. The van der Waals surface area contributed by atoms with Crippen LogP contribution in [0, 0.1) is 11.7 Å². The normalized spacial score (nSPS) is 11.5. The van der Waals surface area contributed by atoms with Gasteiger partial charge in [-0.05, 0) is 25.2 Å². The fraction of sp³-hybridized carbons (Fsp3) is 0.133. The Kier molecular flexibility index (Phi) is 2.87. The molecule has 4 rings (SSSR count). The Morgan fingerprint density at radius 3 is 3.00 bits per heavy atom. The Bertz CT molecular complexity index is 1010. The van der Waals surface area contributed by atoms with Gasteiger partial charge >= 0.3 is 0 Å². The van der Waals surface area contributed by atoms with Crippen LogP contribution in [0.15, 0.2) is 35.8 Å². The minimum Gasteiger partial charge on any atom is -0.329 e. The number of aryl methyl sites for hydroxylation is 1. The van der Waals surface area contributed by atoms with E-state index in [4.69, 9.17) is 12.2 Å². The molecule has 0 saturated carbocycles. The number of pyridine rings is 1. The molecule has 0 spiro atoms. The van der Waals surface area contributed by atoms with Gasteiger partial charge in [0, 0.05) is 10.8 Å². The monoisotopic (exact) mass is 312 g/mol. The van der Waals surface area contributed by atoms with Crippen LogP contribution in [0.3, 0.4) is 0 Å². The van der Waals surface area contributed by atoms with Crippen LogP contribution < -0.4 is 0 Å². The van der Waals surface area contributed by atoms with E-state index in [1.807, 2.05) is 31.3 Å². The van der Waals surface area contributed by atoms with E-state index < -0.39 is 0 Å². The summed E-state index contributed by atoms with van der Waals surface area (Å²) in [6.07, 6.45) is 1.84. The predicted molar refractivity (Wildman–Crippen MR) is 88.4 cm³/mol. The molecule has 0 aliphatic heterocycles. The second-order valence-corrected chi connectivity index (χ2v) is 6.36. The summed E-state index contributed by atoms with van der Waals surface area (Å²) in [7, 11) is 0. The minimum atomic E-state index is 0.678. The average molecular weight is 312 g/mol. The number of imidazole rings is 1. The van der Waals surface area contributed by atoms with Crippen LogP contribution in [0.1, 0.15) is 10.7 Å². The van der Waals surface area contributed by atoms with E-state index in [1.165, 1.54) is 0 Å². The number of nitrogens with zero attached hydrogens (tertiary/aromatic N) is 3. The van der Waals surface area contributed by atoms with E-state index in [1.54, 1.807) is 11.3 Å². The lowest BCUT2D eigenvalue weighted by atomic mass is 10.2. The van der Waals surface area contributed by atoms with E-state index >= 15 is 0 Å². The van der Waals surface area contributed by atoms with Crippen LogP contribution in [-0.2, 0) is 6.54 Å². The van der Waals surface area contributed by atoms with Crippen molar-refractivity contribution in [3.63, 3.8) is 0 Å².